The van der Waals surface area contributed by atoms with E-state index in [-0.39, 0.29) is 5.56 Å². The Hall–Kier alpha value is -1.86. The normalized spacial score (nSPS) is 10.6. The van der Waals surface area contributed by atoms with Crippen LogP contribution in [-0.4, -0.2) is 20.2 Å². The third kappa shape index (κ3) is 1.79. The van der Waals surface area contributed by atoms with E-state index in [4.69, 9.17) is 0 Å². The smallest absolute Gasteiger partial charge is 0.267 e. The topological polar surface area (TPSA) is 71.5 Å². The standard InChI is InChI=1S/C10H6N4OS2/c15-8-7(10-12-2-4-17-10)6(5-13-14-8)9-11-1-3-16-9/h1-5H,(H,14,15). The number of H-pyrrole nitrogens is 1. The van der Waals surface area contributed by atoms with Crippen molar-refractivity contribution in [3.8, 4) is 21.1 Å². The lowest BCUT2D eigenvalue weighted by atomic mass is 10.2. The first kappa shape index (κ1) is 10.3. The fourth-order valence-electron chi connectivity index (χ4n) is 1.48. The molecule has 7 heteroatoms. The van der Waals surface area contributed by atoms with Gasteiger partial charge in [0.15, 0.2) is 0 Å². The van der Waals surface area contributed by atoms with Gasteiger partial charge in [-0.2, -0.15) is 5.10 Å². The van der Waals surface area contributed by atoms with Crippen molar-refractivity contribution in [2.75, 3.05) is 0 Å². The molecule has 0 aliphatic carbocycles. The quantitative estimate of drug-likeness (QED) is 0.767. The van der Waals surface area contributed by atoms with E-state index < -0.39 is 0 Å². The van der Waals surface area contributed by atoms with E-state index in [1.165, 1.54) is 22.7 Å². The van der Waals surface area contributed by atoms with E-state index in [9.17, 15) is 4.79 Å². The second-order valence-electron chi connectivity index (χ2n) is 3.16. The highest BCUT2D eigenvalue weighted by molar-refractivity contribution is 7.14. The van der Waals surface area contributed by atoms with Crippen molar-refractivity contribution in [3.63, 3.8) is 0 Å². The fraction of sp³-hybridized carbons (Fsp3) is 0. The predicted molar refractivity (Wildman–Crippen MR) is 67.1 cm³/mol. The molecule has 0 spiro atoms. The lowest BCUT2D eigenvalue weighted by Gasteiger charge is -2.01. The Kier molecular flexibility index (Phi) is 2.54. The van der Waals surface area contributed by atoms with Crippen LogP contribution in [0.4, 0.5) is 0 Å². The number of aromatic amines is 1. The van der Waals surface area contributed by atoms with Crippen LogP contribution >= 0.6 is 22.7 Å². The van der Waals surface area contributed by atoms with E-state index in [1.54, 1.807) is 18.6 Å². The molecule has 0 bridgehead atoms. The minimum atomic E-state index is -0.243. The maximum Gasteiger partial charge on any atom is 0.275 e. The van der Waals surface area contributed by atoms with Gasteiger partial charge in [0, 0.05) is 28.7 Å². The molecule has 0 aromatic carbocycles. The van der Waals surface area contributed by atoms with Crippen LogP contribution in [0.3, 0.4) is 0 Å². The van der Waals surface area contributed by atoms with Gasteiger partial charge in [-0.1, -0.05) is 0 Å². The van der Waals surface area contributed by atoms with Gasteiger partial charge >= 0.3 is 0 Å². The molecule has 0 saturated carbocycles. The van der Waals surface area contributed by atoms with Crippen LogP contribution in [-0.2, 0) is 0 Å². The molecule has 0 unspecified atom stereocenters. The molecule has 17 heavy (non-hydrogen) atoms. The molecule has 3 heterocycles. The Morgan fingerprint density at radius 3 is 2.41 bits per heavy atom. The summed E-state index contributed by atoms with van der Waals surface area (Å²) in [7, 11) is 0. The summed E-state index contributed by atoms with van der Waals surface area (Å²) in [5.74, 6) is 0. The molecular weight excluding hydrogens is 256 g/mol. The molecular formula is C10H6N4OS2. The average Bonchev–Trinajstić information content (AvgIpc) is 3.02. The maximum absolute atomic E-state index is 11.9. The summed E-state index contributed by atoms with van der Waals surface area (Å²) in [6.07, 6.45) is 4.98. The molecule has 3 rings (SSSR count). The van der Waals surface area contributed by atoms with Gasteiger partial charge in [-0.15, -0.1) is 22.7 Å². The largest absolute Gasteiger partial charge is 0.275 e. The summed E-state index contributed by atoms with van der Waals surface area (Å²) in [5, 5.41) is 11.4. The minimum absolute atomic E-state index is 0.243. The summed E-state index contributed by atoms with van der Waals surface area (Å²) in [4.78, 5) is 20.2. The van der Waals surface area contributed by atoms with Crippen LogP contribution in [0.15, 0.2) is 34.1 Å². The van der Waals surface area contributed by atoms with Crippen LogP contribution in [0.25, 0.3) is 21.1 Å². The summed E-state index contributed by atoms with van der Waals surface area (Å²) in [5.41, 5.74) is 1.01. The first-order valence-corrected chi connectivity index (χ1v) is 6.49. The molecule has 5 nitrogen and oxygen atoms in total. The van der Waals surface area contributed by atoms with Crippen LogP contribution in [0.2, 0.25) is 0 Å². The molecule has 0 radical (unpaired) electrons. The zero-order chi connectivity index (χ0) is 11.7. The second-order valence-corrected chi connectivity index (χ2v) is 4.95. The van der Waals surface area contributed by atoms with Crippen molar-refractivity contribution in [3.05, 3.63) is 39.7 Å². The Morgan fingerprint density at radius 2 is 1.76 bits per heavy atom. The number of hydrogen-bond acceptors (Lipinski definition) is 6. The highest BCUT2D eigenvalue weighted by Gasteiger charge is 2.15. The third-order valence-corrected chi connectivity index (χ3v) is 3.76. The third-order valence-electron chi connectivity index (χ3n) is 2.17. The van der Waals surface area contributed by atoms with E-state index >= 15 is 0 Å². The second kappa shape index (κ2) is 4.19. The Balaban J connectivity index is 2.30. The molecule has 0 atom stereocenters. The van der Waals surface area contributed by atoms with E-state index in [0.29, 0.717) is 10.6 Å². The van der Waals surface area contributed by atoms with Crippen molar-refractivity contribution < 1.29 is 0 Å². The molecule has 0 aliphatic heterocycles. The summed E-state index contributed by atoms with van der Waals surface area (Å²) in [6, 6.07) is 0. The number of nitrogens with one attached hydrogen (secondary N) is 1. The van der Waals surface area contributed by atoms with Gasteiger partial charge in [0.1, 0.15) is 10.0 Å². The average molecular weight is 262 g/mol. The molecule has 1 N–H and O–H groups in total. The van der Waals surface area contributed by atoms with Crippen molar-refractivity contribution in [2.45, 2.75) is 0 Å². The number of nitrogens with zero attached hydrogens (tertiary/aromatic N) is 3. The molecule has 0 aliphatic rings. The summed E-state index contributed by atoms with van der Waals surface area (Å²) in [6.45, 7) is 0. The number of aromatic nitrogens is 4. The van der Waals surface area contributed by atoms with E-state index in [1.807, 2.05) is 10.8 Å². The van der Waals surface area contributed by atoms with Gasteiger partial charge in [0.2, 0.25) is 0 Å². The maximum atomic E-state index is 11.9. The molecule has 0 saturated heterocycles. The summed E-state index contributed by atoms with van der Waals surface area (Å²) < 4.78 is 0. The van der Waals surface area contributed by atoms with Crippen molar-refractivity contribution >= 4 is 22.7 Å². The molecule has 3 aromatic rings. The highest BCUT2D eigenvalue weighted by atomic mass is 32.1. The van der Waals surface area contributed by atoms with Gasteiger partial charge in [-0.3, -0.25) is 4.79 Å². The van der Waals surface area contributed by atoms with Crippen LogP contribution < -0.4 is 5.56 Å². The Morgan fingerprint density at radius 1 is 1.06 bits per heavy atom. The Labute approximate surface area is 104 Å². The lowest BCUT2D eigenvalue weighted by Crippen LogP contribution is -2.11. The zero-order valence-electron chi connectivity index (χ0n) is 8.45. The highest BCUT2D eigenvalue weighted by Crippen LogP contribution is 2.30. The molecule has 3 aromatic heterocycles. The zero-order valence-corrected chi connectivity index (χ0v) is 10.1. The summed E-state index contributed by atoms with van der Waals surface area (Å²) >= 11 is 2.89. The van der Waals surface area contributed by atoms with Crippen LogP contribution in [0.5, 0.6) is 0 Å². The van der Waals surface area contributed by atoms with Gasteiger partial charge < -0.3 is 0 Å². The first-order chi connectivity index (χ1) is 8.36. The van der Waals surface area contributed by atoms with Crippen molar-refractivity contribution in [2.24, 2.45) is 0 Å². The number of hydrogen-bond donors (Lipinski definition) is 1. The van der Waals surface area contributed by atoms with Gasteiger partial charge in [0.25, 0.3) is 5.56 Å². The molecule has 0 fully saturated rings. The molecule has 0 amide bonds. The van der Waals surface area contributed by atoms with Crippen molar-refractivity contribution in [1.82, 2.24) is 20.2 Å². The van der Waals surface area contributed by atoms with Crippen LogP contribution in [0.1, 0.15) is 0 Å². The van der Waals surface area contributed by atoms with Gasteiger partial charge in [-0.05, 0) is 0 Å². The minimum Gasteiger partial charge on any atom is -0.267 e. The van der Waals surface area contributed by atoms with Crippen molar-refractivity contribution in [1.29, 1.82) is 0 Å². The van der Waals surface area contributed by atoms with Gasteiger partial charge in [-0.25, -0.2) is 15.1 Å². The van der Waals surface area contributed by atoms with E-state index in [0.717, 1.165) is 10.6 Å². The van der Waals surface area contributed by atoms with E-state index in [2.05, 4.69) is 20.2 Å². The first-order valence-electron chi connectivity index (χ1n) is 4.73. The lowest BCUT2D eigenvalue weighted by molar-refractivity contribution is 0.992. The monoisotopic (exact) mass is 262 g/mol. The van der Waals surface area contributed by atoms with Crippen LogP contribution in [0, 0.1) is 0 Å². The Bertz CT molecular complexity index is 673. The number of thiazole rings is 2. The molecule has 84 valence electrons. The fourth-order valence-corrected chi connectivity index (χ4v) is 2.82. The van der Waals surface area contributed by atoms with Gasteiger partial charge in [0.05, 0.1) is 11.8 Å². The number of rotatable bonds is 2. The SMILES string of the molecule is O=c1[nH]ncc(-c2nccs2)c1-c1nccs1. The predicted octanol–water partition coefficient (Wildman–Crippen LogP) is 2.02.